The van der Waals surface area contributed by atoms with Gasteiger partial charge in [0.05, 0.1) is 23.7 Å². The number of nitrogens with one attached hydrogen (secondary N) is 1. The summed E-state index contributed by atoms with van der Waals surface area (Å²) in [6.07, 6.45) is 4.94. The van der Waals surface area contributed by atoms with Crippen molar-refractivity contribution in [3.8, 4) is 17.1 Å². The summed E-state index contributed by atoms with van der Waals surface area (Å²) < 4.78 is 5.16. The summed E-state index contributed by atoms with van der Waals surface area (Å²) in [4.78, 5) is 15.6. The van der Waals surface area contributed by atoms with Crippen LogP contribution in [0.5, 0.6) is 5.75 Å². The predicted molar refractivity (Wildman–Crippen MR) is 63.7 cm³/mol. The Balaban J connectivity index is 2.14. The van der Waals surface area contributed by atoms with E-state index < -0.39 is 0 Å². The standard InChI is InChI=1S/C12H10N4O/c1-17-9-2-3-10-11(4-9)16-12(15-10)8-5-13-7-14-6-8/h2-7H,1H3,(H,15,16). The number of aromatic amines is 1. The van der Waals surface area contributed by atoms with Gasteiger partial charge in [0.25, 0.3) is 0 Å². The lowest BCUT2D eigenvalue weighted by atomic mass is 10.3. The van der Waals surface area contributed by atoms with Gasteiger partial charge in [0.15, 0.2) is 0 Å². The molecular weight excluding hydrogens is 216 g/mol. The molecule has 3 aromatic rings. The van der Waals surface area contributed by atoms with E-state index >= 15 is 0 Å². The highest BCUT2D eigenvalue weighted by atomic mass is 16.5. The van der Waals surface area contributed by atoms with E-state index in [1.807, 2.05) is 18.2 Å². The third-order valence-corrected chi connectivity index (χ3v) is 2.52. The molecule has 2 aromatic heterocycles. The Bertz CT molecular complexity index is 648. The van der Waals surface area contributed by atoms with Crippen LogP contribution in [0.4, 0.5) is 0 Å². The molecule has 5 heteroatoms. The fourth-order valence-corrected chi connectivity index (χ4v) is 1.67. The van der Waals surface area contributed by atoms with Gasteiger partial charge in [-0.3, -0.25) is 0 Å². The molecule has 0 aliphatic carbocycles. The predicted octanol–water partition coefficient (Wildman–Crippen LogP) is 2.03. The number of imidazole rings is 1. The molecule has 0 amide bonds. The van der Waals surface area contributed by atoms with Gasteiger partial charge < -0.3 is 9.72 Å². The molecule has 3 rings (SSSR count). The second kappa shape index (κ2) is 3.86. The number of nitrogens with zero attached hydrogens (tertiary/aromatic N) is 3. The van der Waals surface area contributed by atoms with E-state index in [1.165, 1.54) is 6.33 Å². The van der Waals surface area contributed by atoms with Crippen LogP contribution in [0, 0.1) is 0 Å². The quantitative estimate of drug-likeness (QED) is 0.726. The van der Waals surface area contributed by atoms with Crippen molar-refractivity contribution in [3.05, 3.63) is 36.9 Å². The van der Waals surface area contributed by atoms with E-state index in [0.717, 1.165) is 28.2 Å². The topological polar surface area (TPSA) is 63.7 Å². The highest BCUT2D eigenvalue weighted by molar-refractivity contribution is 5.80. The number of hydrogen-bond acceptors (Lipinski definition) is 4. The average molecular weight is 226 g/mol. The van der Waals surface area contributed by atoms with Crippen LogP contribution in [0.2, 0.25) is 0 Å². The minimum atomic E-state index is 0.758. The zero-order valence-electron chi connectivity index (χ0n) is 9.21. The fraction of sp³-hybridized carbons (Fsp3) is 0.0833. The first-order valence-corrected chi connectivity index (χ1v) is 5.16. The van der Waals surface area contributed by atoms with Crippen molar-refractivity contribution in [2.45, 2.75) is 0 Å². The van der Waals surface area contributed by atoms with Crippen LogP contribution in [0.25, 0.3) is 22.4 Å². The third-order valence-electron chi connectivity index (χ3n) is 2.52. The van der Waals surface area contributed by atoms with Crippen molar-refractivity contribution in [1.82, 2.24) is 19.9 Å². The molecule has 0 aliphatic heterocycles. The number of rotatable bonds is 2. The largest absolute Gasteiger partial charge is 0.497 e. The SMILES string of the molecule is COc1ccc2nc(-c3cncnc3)[nH]c2c1. The first-order valence-electron chi connectivity index (χ1n) is 5.16. The molecule has 84 valence electrons. The summed E-state index contributed by atoms with van der Waals surface area (Å²) in [6.45, 7) is 0. The van der Waals surface area contributed by atoms with E-state index in [-0.39, 0.29) is 0 Å². The van der Waals surface area contributed by atoms with Crippen molar-refractivity contribution in [2.24, 2.45) is 0 Å². The van der Waals surface area contributed by atoms with Crippen molar-refractivity contribution in [2.75, 3.05) is 7.11 Å². The number of aromatic nitrogens is 4. The van der Waals surface area contributed by atoms with E-state index in [9.17, 15) is 0 Å². The number of hydrogen-bond donors (Lipinski definition) is 1. The fourth-order valence-electron chi connectivity index (χ4n) is 1.67. The van der Waals surface area contributed by atoms with Gasteiger partial charge in [-0.25, -0.2) is 15.0 Å². The summed E-state index contributed by atoms with van der Waals surface area (Å²) in [5, 5.41) is 0. The molecule has 0 aliphatic rings. The summed E-state index contributed by atoms with van der Waals surface area (Å²) >= 11 is 0. The molecular formula is C12H10N4O. The molecule has 0 fully saturated rings. The van der Waals surface area contributed by atoms with Gasteiger partial charge in [0.2, 0.25) is 0 Å². The Kier molecular flexibility index (Phi) is 2.22. The van der Waals surface area contributed by atoms with Crippen LogP contribution < -0.4 is 4.74 Å². The highest BCUT2D eigenvalue weighted by Gasteiger charge is 2.06. The van der Waals surface area contributed by atoms with Crippen molar-refractivity contribution < 1.29 is 4.74 Å². The lowest BCUT2D eigenvalue weighted by molar-refractivity contribution is 0.415. The zero-order valence-corrected chi connectivity index (χ0v) is 9.21. The molecule has 0 radical (unpaired) electrons. The molecule has 2 heterocycles. The van der Waals surface area contributed by atoms with Crippen LogP contribution >= 0.6 is 0 Å². The van der Waals surface area contributed by atoms with Crippen LogP contribution in [0.3, 0.4) is 0 Å². The smallest absolute Gasteiger partial charge is 0.141 e. The van der Waals surface area contributed by atoms with Crippen LogP contribution in [0.15, 0.2) is 36.9 Å². The highest BCUT2D eigenvalue weighted by Crippen LogP contribution is 2.22. The van der Waals surface area contributed by atoms with Crippen molar-refractivity contribution in [3.63, 3.8) is 0 Å². The van der Waals surface area contributed by atoms with E-state index in [4.69, 9.17) is 4.74 Å². The molecule has 0 atom stereocenters. The summed E-state index contributed by atoms with van der Waals surface area (Å²) in [7, 11) is 1.64. The Morgan fingerprint density at radius 2 is 2.00 bits per heavy atom. The normalized spacial score (nSPS) is 10.6. The van der Waals surface area contributed by atoms with E-state index in [0.29, 0.717) is 0 Å². The van der Waals surface area contributed by atoms with Crippen LogP contribution in [-0.4, -0.2) is 27.0 Å². The van der Waals surface area contributed by atoms with Gasteiger partial charge in [-0.05, 0) is 12.1 Å². The minimum Gasteiger partial charge on any atom is -0.497 e. The molecule has 0 bridgehead atoms. The van der Waals surface area contributed by atoms with Crippen LogP contribution in [-0.2, 0) is 0 Å². The Labute approximate surface area is 97.5 Å². The Hall–Kier alpha value is -2.43. The number of methoxy groups -OCH3 is 1. The first-order chi connectivity index (χ1) is 8.36. The van der Waals surface area contributed by atoms with Gasteiger partial charge in [-0.1, -0.05) is 0 Å². The number of fused-ring (bicyclic) bond motifs is 1. The molecule has 5 nitrogen and oxygen atoms in total. The van der Waals surface area contributed by atoms with E-state index in [2.05, 4.69) is 19.9 Å². The van der Waals surface area contributed by atoms with Gasteiger partial charge in [0, 0.05) is 18.5 Å². The first kappa shape index (κ1) is 9.77. The summed E-state index contributed by atoms with van der Waals surface area (Å²) in [5.74, 6) is 1.56. The average Bonchev–Trinajstić information content (AvgIpc) is 2.82. The van der Waals surface area contributed by atoms with Crippen molar-refractivity contribution in [1.29, 1.82) is 0 Å². The minimum absolute atomic E-state index is 0.758. The summed E-state index contributed by atoms with van der Waals surface area (Å²) in [6, 6.07) is 5.71. The molecule has 1 N–H and O–H groups in total. The maximum atomic E-state index is 5.16. The monoisotopic (exact) mass is 226 g/mol. The maximum Gasteiger partial charge on any atom is 0.141 e. The Morgan fingerprint density at radius 3 is 2.76 bits per heavy atom. The van der Waals surface area contributed by atoms with Gasteiger partial charge in [0.1, 0.15) is 17.9 Å². The number of H-pyrrole nitrogens is 1. The molecule has 0 saturated heterocycles. The Morgan fingerprint density at radius 1 is 1.18 bits per heavy atom. The molecule has 0 spiro atoms. The maximum absolute atomic E-state index is 5.16. The lowest BCUT2D eigenvalue weighted by Gasteiger charge is -1.96. The lowest BCUT2D eigenvalue weighted by Crippen LogP contribution is -1.83. The number of benzene rings is 1. The van der Waals surface area contributed by atoms with Crippen molar-refractivity contribution >= 4 is 11.0 Å². The van der Waals surface area contributed by atoms with Gasteiger partial charge in [-0.2, -0.15) is 0 Å². The second-order valence-corrected chi connectivity index (χ2v) is 3.60. The number of ether oxygens (including phenoxy) is 1. The molecule has 17 heavy (non-hydrogen) atoms. The zero-order chi connectivity index (χ0) is 11.7. The third kappa shape index (κ3) is 1.71. The van der Waals surface area contributed by atoms with E-state index in [1.54, 1.807) is 19.5 Å². The molecule has 1 aromatic carbocycles. The molecule has 0 unspecified atom stereocenters. The molecule has 0 saturated carbocycles. The summed E-state index contributed by atoms with van der Waals surface area (Å²) in [5.41, 5.74) is 2.69. The van der Waals surface area contributed by atoms with Crippen LogP contribution in [0.1, 0.15) is 0 Å². The van der Waals surface area contributed by atoms with Gasteiger partial charge >= 0.3 is 0 Å². The second-order valence-electron chi connectivity index (χ2n) is 3.60. The van der Waals surface area contributed by atoms with Gasteiger partial charge in [-0.15, -0.1) is 0 Å².